The van der Waals surface area contributed by atoms with E-state index in [1.54, 1.807) is 6.92 Å². The molecule has 0 N–H and O–H groups in total. The lowest BCUT2D eigenvalue weighted by molar-refractivity contribution is -0.120. The van der Waals surface area contributed by atoms with E-state index in [0.29, 0.717) is 22.1 Å². The SMILES string of the molecule is CC[C@@H](C)c1ccc(-c2c(C)sc(N3C(=O)C=C(C)C3=O)c2C#N)cc1. The van der Waals surface area contributed by atoms with Gasteiger partial charge in [0.25, 0.3) is 11.8 Å². The van der Waals surface area contributed by atoms with Crippen molar-refractivity contribution in [2.45, 2.75) is 40.0 Å². The van der Waals surface area contributed by atoms with Crippen molar-refractivity contribution in [3.8, 4) is 17.2 Å². The van der Waals surface area contributed by atoms with Gasteiger partial charge in [-0.2, -0.15) is 5.26 Å². The number of imide groups is 1. The Hall–Kier alpha value is -2.71. The van der Waals surface area contributed by atoms with Crippen LogP contribution in [0.15, 0.2) is 35.9 Å². The zero-order valence-corrected chi connectivity index (χ0v) is 16.1. The number of thiophene rings is 1. The number of nitrogens with zero attached hydrogens (tertiary/aromatic N) is 2. The summed E-state index contributed by atoms with van der Waals surface area (Å²) in [6.45, 7) is 7.87. The fourth-order valence-electron chi connectivity index (χ4n) is 3.13. The number of nitriles is 1. The lowest BCUT2D eigenvalue weighted by Crippen LogP contribution is -2.30. The lowest BCUT2D eigenvalue weighted by atomic mass is 9.95. The summed E-state index contributed by atoms with van der Waals surface area (Å²) in [5.41, 5.74) is 3.76. The van der Waals surface area contributed by atoms with Crippen molar-refractivity contribution in [2.75, 3.05) is 4.90 Å². The summed E-state index contributed by atoms with van der Waals surface area (Å²) in [4.78, 5) is 26.6. The van der Waals surface area contributed by atoms with Crippen LogP contribution in [-0.2, 0) is 9.59 Å². The first-order valence-corrected chi connectivity index (χ1v) is 9.41. The van der Waals surface area contributed by atoms with Crippen LogP contribution < -0.4 is 4.90 Å². The van der Waals surface area contributed by atoms with Crippen molar-refractivity contribution < 1.29 is 9.59 Å². The number of aryl methyl sites for hydroxylation is 1. The molecule has 0 spiro atoms. The van der Waals surface area contributed by atoms with Gasteiger partial charge in [-0.1, -0.05) is 38.1 Å². The van der Waals surface area contributed by atoms with Gasteiger partial charge >= 0.3 is 0 Å². The van der Waals surface area contributed by atoms with Crippen molar-refractivity contribution in [2.24, 2.45) is 0 Å². The topological polar surface area (TPSA) is 61.2 Å². The Morgan fingerprint density at radius 1 is 1.19 bits per heavy atom. The summed E-state index contributed by atoms with van der Waals surface area (Å²) in [6.07, 6.45) is 2.38. The Morgan fingerprint density at radius 3 is 2.35 bits per heavy atom. The molecule has 4 nitrogen and oxygen atoms in total. The van der Waals surface area contributed by atoms with Crippen molar-refractivity contribution in [3.63, 3.8) is 0 Å². The maximum absolute atomic E-state index is 12.3. The molecule has 2 amide bonds. The van der Waals surface area contributed by atoms with E-state index in [9.17, 15) is 14.9 Å². The number of carbonyl (C=O) groups is 2. The quantitative estimate of drug-likeness (QED) is 0.723. The number of benzene rings is 1. The minimum Gasteiger partial charge on any atom is -0.269 e. The van der Waals surface area contributed by atoms with E-state index < -0.39 is 0 Å². The molecule has 0 aliphatic carbocycles. The second-order valence-electron chi connectivity index (χ2n) is 6.56. The fraction of sp³-hybridized carbons (Fsp3) is 0.286. The number of hydrogen-bond donors (Lipinski definition) is 0. The van der Waals surface area contributed by atoms with Crippen LogP contribution in [0.3, 0.4) is 0 Å². The van der Waals surface area contributed by atoms with Crippen LogP contribution in [0.1, 0.15) is 49.1 Å². The number of anilines is 1. The van der Waals surface area contributed by atoms with Crippen molar-refractivity contribution in [3.05, 3.63) is 51.9 Å². The number of amides is 2. The molecule has 2 aromatic rings. The zero-order valence-electron chi connectivity index (χ0n) is 15.3. The van der Waals surface area contributed by atoms with E-state index in [4.69, 9.17) is 0 Å². The highest BCUT2D eigenvalue weighted by Crippen LogP contribution is 2.43. The molecule has 0 unspecified atom stereocenters. The molecule has 2 heterocycles. The average Bonchev–Trinajstić information content (AvgIpc) is 3.09. The second-order valence-corrected chi connectivity index (χ2v) is 7.77. The Kier molecular flexibility index (Phi) is 4.80. The summed E-state index contributed by atoms with van der Waals surface area (Å²) in [5, 5.41) is 10.2. The van der Waals surface area contributed by atoms with E-state index in [0.717, 1.165) is 27.3 Å². The van der Waals surface area contributed by atoms with Crippen LogP contribution in [0.4, 0.5) is 5.00 Å². The van der Waals surface area contributed by atoms with Gasteiger partial charge in [0.05, 0.1) is 5.56 Å². The van der Waals surface area contributed by atoms with Gasteiger partial charge in [0, 0.05) is 22.1 Å². The minimum absolute atomic E-state index is 0.355. The molecule has 26 heavy (non-hydrogen) atoms. The largest absolute Gasteiger partial charge is 0.269 e. The Labute approximate surface area is 157 Å². The van der Waals surface area contributed by atoms with Gasteiger partial charge in [-0.15, -0.1) is 11.3 Å². The summed E-state index contributed by atoms with van der Waals surface area (Å²) >= 11 is 1.31. The van der Waals surface area contributed by atoms with Crippen LogP contribution in [0, 0.1) is 18.3 Å². The van der Waals surface area contributed by atoms with Gasteiger partial charge in [0.2, 0.25) is 0 Å². The first-order valence-electron chi connectivity index (χ1n) is 8.59. The third kappa shape index (κ3) is 2.87. The van der Waals surface area contributed by atoms with Gasteiger partial charge in [-0.25, -0.2) is 4.90 Å². The molecular formula is C21H20N2O2S. The van der Waals surface area contributed by atoms with Gasteiger partial charge < -0.3 is 0 Å². The standard InChI is InChI=1S/C21H20N2O2S/c1-5-12(2)15-6-8-16(9-7-15)19-14(4)26-21(17(19)11-22)23-18(24)10-13(3)20(23)25/h6-10,12H,5H2,1-4H3/t12-/m1/s1. The normalized spacial score (nSPS) is 15.2. The van der Waals surface area contributed by atoms with Crippen molar-refractivity contribution in [1.29, 1.82) is 5.26 Å². The molecule has 5 heteroatoms. The molecule has 0 fully saturated rings. The van der Waals surface area contributed by atoms with Crippen LogP contribution in [-0.4, -0.2) is 11.8 Å². The summed E-state index contributed by atoms with van der Waals surface area (Å²) in [6, 6.07) is 10.4. The highest BCUT2D eigenvalue weighted by molar-refractivity contribution is 7.17. The molecule has 0 saturated heterocycles. The third-order valence-corrected chi connectivity index (χ3v) is 5.95. The summed E-state index contributed by atoms with van der Waals surface area (Å²) in [7, 11) is 0. The predicted molar refractivity (Wildman–Crippen MR) is 104 cm³/mol. The number of rotatable bonds is 4. The minimum atomic E-state index is -0.385. The van der Waals surface area contributed by atoms with E-state index in [2.05, 4.69) is 32.0 Å². The van der Waals surface area contributed by atoms with Crippen molar-refractivity contribution >= 4 is 28.2 Å². The van der Waals surface area contributed by atoms with Crippen LogP contribution >= 0.6 is 11.3 Å². The fourth-order valence-corrected chi connectivity index (χ4v) is 4.26. The Morgan fingerprint density at radius 2 is 1.85 bits per heavy atom. The van der Waals surface area contributed by atoms with Crippen LogP contribution in [0.25, 0.3) is 11.1 Å². The molecule has 1 aliphatic rings. The first-order chi connectivity index (χ1) is 12.4. The van der Waals surface area contributed by atoms with Gasteiger partial charge in [-0.3, -0.25) is 9.59 Å². The molecule has 0 saturated carbocycles. The predicted octanol–water partition coefficient (Wildman–Crippen LogP) is 4.93. The molecule has 1 aromatic heterocycles. The molecule has 1 atom stereocenters. The highest BCUT2D eigenvalue weighted by Gasteiger charge is 2.34. The van der Waals surface area contributed by atoms with Crippen LogP contribution in [0.5, 0.6) is 0 Å². The summed E-state index contributed by atoms with van der Waals surface area (Å²) in [5.74, 6) is -0.261. The first kappa shape index (κ1) is 18.1. The van der Waals surface area contributed by atoms with Crippen LogP contribution in [0.2, 0.25) is 0 Å². The number of hydrogen-bond acceptors (Lipinski definition) is 4. The smallest absolute Gasteiger partial charge is 0.261 e. The maximum atomic E-state index is 12.3. The molecule has 0 radical (unpaired) electrons. The Balaban J connectivity index is 2.08. The Bertz CT molecular complexity index is 961. The molecule has 1 aromatic carbocycles. The average molecular weight is 364 g/mol. The zero-order chi connectivity index (χ0) is 19.0. The lowest BCUT2D eigenvalue weighted by Gasteiger charge is -2.13. The van der Waals surface area contributed by atoms with E-state index in [-0.39, 0.29) is 11.8 Å². The van der Waals surface area contributed by atoms with E-state index >= 15 is 0 Å². The van der Waals surface area contributed by atoms with E-state index in [1.165, 1.54) is 23.0 Å². The summed E-state index contributed by atoms with van der Waals surface area (Å²) < 4.78 is 0. The molecule has 1 aliphatic heterocycles. The molecule has 0 bridgehead atoms. The second kappa shape index (κ2) is 6.89. The number of carbonyl (C=O) groups excluding carboxylic acids is 2. The molecule has 132 valence electrons. The van der Waals surface area contributed by atoms with E-state index in [1.807, 2.05) is 19.1 Å². The van der Waals surface area contributed by atoms with Gasteiger partial charge in [-0.05, 0) is 37.3 Å². The molecular weight excluding hydrogens is 344 g/mol. The third-order valence-electron chi connectivity index (χ3n) is 4.86. The van der Waals surface area contributed by atoms with Gasteiger partial charge in [0.15, 0.2) is 0 Å². The highest BCUT2D eigenvalue weighted by atomic mass is 32.1. The molecule has 3 rings (SSSR count). The monoisotopic (exact) mass is 364 g/mol. The maximum Gasteiger partial charge on any atom is 0.261 e. The van der Waals surface area contributed by atoms with Crippen molar-refractivity contribution in [1.82, 2.24) is 0 Å². The van der Waals surface area contributed by atoms with Gasteiger partial charge in [0.1, 0.15) is 11.1 Å².